The molecular formula is C15H23N7O. The largest absolute Gasteiger partial charge is 0.383 e. The molecule has 23 heavy (non-hydrogen) atoms. The van der Waals surface area contributed by atoms with E-state index in [1.54, 1.807) is 19.8 Å². The molecule has 1 aliphatic carbocycles. The summed E-state index contributed by atoms with van der Waals surface area (Å²) in [5, 5.41) is 11.4. The molecule has 0 radical (unpaired) electrons. The zero-order chi connectivity index (χ0) is 16.1. The molecule has 2 aromatic heterocycles. The molecule has 0 amide bonds. The van der Waals surface area contributed by atoms with Crippen molar-refractivity contribution in [2.75, 3.05) is 25.6 Å². The normalized spacial score (nSPS) is 20.3. The first-order valence-corrected chi connectivity index (χ1v) is 7.93. The Morgan fingerprint density at radius 1 is 1.39 bits per heavy atom. The van der Waals surface area contributed by atoms with Gasteiger partial charge in [0.15, 0.2) is 0 Å². The van der Waals surface area contributed by atoms with Gasteiger partial charge in [-0.1, -0.05) is 0 Å². The highest BCUT2D eigenvalue weighted by molar-refractivity contribution is 5.36. The SMILES string of the molecule is COCCn1cnnc1CCNc1cc(C2CC(N)C2)ncn1. The van der Waals surface area contributed by atoms with E-state index >= 15 is 0 Å². The lowest BCUT2D eigenvalue weighted by Crippen LogP contribution is -2.35. The molecule has 0 saturated heterocycles. The van der Waals surface area contributed by atoms with Gasteiger partial charge in [0.05, 0.1) is 6.61 Å². The number of aromatic nitrogens is 5. The number of hydrogen-bond donors (Lipinski definition) is 2. The van der Waals surface area contributed by atoms with Gasteiger partial charge in [-0.25, -0.2) is 9.97 Å². The molecule has 0 aromatic carbocycles. The molecule has 1 saturated carbocycles. The third kappa shape index (κ3) is 4.02. The monoisotopic (exact) mass is 317 g/mol. The van der Waals surface area contributed by atoms with E-state index in [9.17, 15) is 0 Å². The molecule has 2 heterocycles. The number of nitrogens with zero attached hydrogens (tertiary/aromatic N) is 5. The molecular weight excluding hydrogens is 294 g/mol. The quantitative estimate of drug-likeness (QED) is 0.733. The van der Waals surface area contributed by atoms with Crippen molar-refractivity contribution in [3.63, 3.8) is 0 Å². The lowest BCUT2D eigenvalue weighted by atomic mass is 9.79. The summed E-state index contributed by atoms with van der Waals surface area (Å²) in [5.74, 6) is 2.26. The van der Waals surface area contributed by atoms with Crippen LogP contribution < -0.4 is 11.1 Å². The number of ether oxygens (including phenoxy) is 1. The molecule has 3 N–H and O–H groups in total. The van der Waals surface area contributed by atoms with Crippen molar-refractivity contribution < 1.29 is 4.74 Å². The third-order valence-electron chi connectivity index (χ3n) is 4.17. The highest BCUT2D eigenvalue weighted by Gasteiger charge is 2.28. The van der Waals surface area contributed by atoms with Crippen molar-refractivity contribution in [1.29, 1.82) is 0 Å². The second-order valence-electron chi connectivity index (χ2n) is 5.87. The van der Waals surface area contributed by atoms with E-state index in [0.717, 1.165) is 49.7 Å². The maximum Gasteiger partial charge on any atom is 0.134 e. The first-order valence-electron chi connectivity index (χ1n) is 7.93. The van der Waals surface area contributed by atoms with Crippen molar-refractivity contribution in [3.8, 4) is 0 Å². The van der Waals surface area contributed by atoms with Crippen LogP contribution in [0.3, 0.4) is 0 Å². The summed E-state index contributed by atoms with van der Waals surface area (Å²) in [7, 11) is 1.69. The summed E-state index contributed by atoms with van der Waals surface area (Å²) in [4.78, 5) is 8.63. The van der Waals surface area contributed by atoms with Crippen LogP contribution in [0.4, 0.5) is 5.82 Å². The first-order chi connectivity index (χ1) is 11.3. The Labute approximate surface area is 135 Å². The Hall–Kier alpha value is -2.06. The lowest BCUT2D eigenvalue weighted by molar-refractivity contribution is 0.186. The van der Waals surface area contributed by atoms with Crippen LogP contribution >= 0.6 is 0 Å². The molecule has 0 unspecified atom stereocenters. The minimum atomic E-state index is 0.324. The van der Waals surface area contributed by atoms with Gasteiger partial charge in [-0.2, -0.15) is 0 Å². The standard InChI is InChI=1S/C15H23N7O/c1-23-5-4-22-10-20-21-15(22)2-3-17-14-8-13(18-9-19-14)11-6-12(16)7-11/h8-12H,2-7,16H2,1H3,(H,17,18,19). The number of hydrogen-bond acceptors (Lipinski definition) is 7. The van der Waals surface area contributed by atoms with Crippen LogP contribution in [0.1, 0.15) is 30.3 Å². The summed E-state index contributed by atoms with van der Waals surface area (Å²) < 4.78 is 7.09. The number of nitrogens with one attached hydrogen (secondary N) is 1. The summed E-state index contributed by atoms with van der Waals surface area (Å²) in [5.41, 5.74) is 6.92. The Morgan fingerprint density at radius 3 is 3.04 bits per heavy atom. The summed E-state index contributed by atoms with van der Waals surface area (Å²) in [6.07, 6.45) is 6.15. The average Bonchev–Trinajstić information content (AvgIpc) is 2.97. The molecule has 0 spiro atoms. The van der Waals surface area contributed by atoms with Gasteiger partial charge in [0.2, 0.25) is 0 Å². The number of nitrogens with two attached hydrogens (primary N) is 1. The predicted molar refractivity (Wildman–Crippen MR) is 86.1 cm³/mol. The second-order valence-corrected chi connectivity index (χ2v) is 5.87. The fourth-order valence-electron chi connectivity index (χ4n) is 2.75. The predicted octanol–water partition coefficient (Wildman–Crippen LogP) is 0.574. The average molecular weight is 317 g/mol. The lowest BCUT2D eigenvalue weighted by Gasteiger charge is -2.31. The van der Waals surface area contributed by atoms with E-state index in [1.807, 2.05) is 10.6 Å². The van der Waals surface area contributed by atoms with Gasteiger partial charge in [0, 0.05) is 50.3 Å². The van der Waals surface area contributed by atoms with Crippen molar-refractivity contribution in [2.45, 2.75) is 37.8 Å². The fourth-order valence-corrected chi connectivity index (χ4v) is 2.75. The number of methoxy groups -OCH3 is 1. The number of anilines is 1. The molecule has 2 aromatic rings. The Balaban J connectivity index is 1.51. The zero-order valence-electron chi connectivity index (χ0n) is 13.4. The summed E-state index contributed by atoms with van der Waals surface area (Å²) in [6, 6.07) is 2.34. The Morgan fingerprint density at radius 2 is 2.26 bits per heavy atom. The Kier molecular flexibility index (Phi) is 5.14. The van der Waals surface area contributed by atoms with E-state index in [2.05, 4.69) is 25.5 Å². The van der Waals surface area contributed by atoms with E-state index in [-0.39, 0.29) is 0 Å². The smallest absolute Gasteiger partial charge is 0.134 e. The van der Waals surface area contributed by atoms with Crippen LogP contribution in [0, 0.1) is 0 Å². The highest BCUT2D eigenvalue weighted by atomic mass is 16.5. The van der Waals surface area contributed by atoms with Crippen molar-refractivity contribution in [3.05, 3.63) is 30.2 Å². The third-order valence-corrected chi connectivity index (χ3v) is 4.17. The molecule has 0 bridgehead atoms. The minimum absolute atomic E-state index is 0.324. The molecule has 0 atom stereocenters. The van der Waals surface area contributed by atoms with E-state index < -0.39 is 0 Å². The van der Waals surface area contributed by atoms with Crippen LogP contribution in [0.15, 0.2) is 18.7 Å². The van der Waals surface area contributed by atoms with Crippen LogP contribution in [-0.2, 0) is 17.7 Å². The molecule has 0 aliphatic heterocycles. The summed E-state index contributed by atoms with van der Waals surface area (Å²) in [6.45, 7) is 2.15. The van der Waals surface area contributed by atoms with Gasteiger partial charge in [-0.3, -0.25) is 0 Å². The summed E-state index contributed by atoms with van der Waals surface area (Å²) >= 11 is 0. The molecule has 1 fully saturated rings. The topological polar surface area (TPSA) is 104 Å². The molecule has 124 valence electrons. The van der Waals surface area contributed by atoms with Crippen LogP contribution in [-0.4, -0.2) is 51.0 Å². The van der Waals surface area contributed by atoms with E-state index in [1.165, 1.54) is 0 Å². The van der Waals surface area contributed by atoms with Gasteiger partial charge in [-0.05, 0) is 12.8 Å². The van der Waals surface area contributed by atoms with Crippen LogP contribution in [0.2, 0.25) is 0 Å². The van der Waals surface area contributed by atoms with Gasteiger partial charge < -0.3 is 20.4 Å². The molecule has 8 heteroatoms. The maximum atomic E-state index is 5.84. The fraction of sp³-hybridized carbons (Fsp3) is 0.600. The van der Waals surface area contributed by atoms with E-state index in [0.29, 0.717) is 18.6 Å². The highest BCUT2D eigenvalue weighted by Crippen LogP contribution is 2.34. The second kappa shape index (κ2) is 7.47. The van der Waals surface area contributed by atoms with Crippen molar-refractivity contribution in [1.82, 2.24) is 24.7 Å². The van der Waals surface area contributed by atoms with Crippen molar-refractivity contribution >= 4 is 5.82 Å². The Bertz CT molecular complexity index is 624. The molecule has 3 rings (SSSR count). The van der Waals surface area contributed by atoms with Gasteiger partial charge >= 0.3 is 0 Å². The van der Waals surface area contributed by atoms with Crippen LogP contribution in [0.25, 0.3) is 0 Å². The van der Waals surface area contributed by atoms with E-state index in [4.69, 9.17) is 10.5 Å². The maximum absolute atomic E-state index is 5.84. The minimum Gasteiger partial charge on any atom is -0.383 e. The number of rotatable bonds is 8. The molecule has 8 nitrogen and oxygen atoms in total. The first kappa shape index (κ1) is 15.8. The van der Waals surface area contributed by atoms with Crippen LogP contribution in [0.5, 0.6) is 0 Å². The van der Waals surface area contributed by atoms with Gasteiger partial charge in [0.1, 0.15) is 24.3 Å². The van der Waals surface area contributed by atoms with Gasteiger partial charge in [0.25, 0.3) is 0 Å². The zero-order valence-corrected chi connectivity index (χ0v) is 13.4. The van der Waals surface area contributed by atoms with Crippen molar-refractivity contribution in [2.24, 2.45) is 5.73 Å². The molecule has 1 aliphatic rings. The van der Waals surface area contributed by atoms with Gasteiger partial charge in [-0.15, -0.1) is 10.2 Å².